The number of carbonyl (C=O) groups excluding carboxylic acids is 1. The predicted molar refractivity (Wildman–Crippen MR) is 76.9 cm³/mol. The SMILES string of the molecule is CCC(CC)CNC(=O)C1Cc2ccccc2S1. The summed E-state index contributed by atoms with van der Waals surface area (Å²) in [4.78, 5) is 13.4. The van der Waals surface area contributed by atoms with E-state index in [1.165, 1.54) is 10.5 Å². The maximum atomic E-state index is 12.1. The van der Waals surface area contributed by atoms with Crippen LogP contribution in [-0.2, 0) is 11.2 Å². The van der Waals surface area contributed by atoms with Crippen molar-refractivity contribution in [1.29, 1.82) is 0 Å². The Bertz CT molecular complexity index is 390. The van der Waals surface area contributed by atoms with E-state index in [2.05, 4.69) is 31.3 Å². The van der Waals surface area contributed by atoms with Gasteiger partial charge < -0.3 is 5.32 Å². The van der Waals surface area contributed by atoms with Crippen LogP contribution in [0.2, 0.25) is 0 Å². The number of carbonyl (C=O) groups is 1. The van der Waals surface area contributed by atoms with Crippen molar-refractivity contribution in [1.82, 2.24) is 5.32 Å². The third kappa shape index (κ3) is 3.08. The molecule has 1 amide bonds. The van der Waals surface area contributed by atoms with Crippen molar-refractivity contribution in [2.75, 3.05) is 6.54 Å². The molecule has 0 radical (unpaired) electrons. The lowest BCUT2D eigenvalue weighted by molar-refractivity contribution is -0.120. The fourth-order valence-corrected chi connectivity index (χ4v) is 3.48. The average Bonchev–Trinajstić information content (AvgIpc) is 2.83. The van der Waals surface area contributed by atoms with Crippen LogP contribution >= 0.6 is 11.8 Å². The highest BCUT2D eigenvalue weighted by molar-refractivity contribution is 8.01. The van der Waals surface area contributed by atoms with E-state index >= 15 is 0 Å². The number of hydrogen-bond acceptors (Lipinski definition) is 2. The van der Waals surface area contributed by atoms with E-state index in [-0.39, 0.29) is 11.2 Å². The standard InChI is InChI=1S/C15H21NOS/c1-3-11(4-2)10-16-15(17)14-9-12-7-5-6-8-13(12)18-14/h5-8,11,14H,3-4,9-10H2,1-2H3,(H,16,17). The van der Waals surface area contributed by atoms with Crippen molar-refractivity contribution >= 4 is 17.7 Å². The van der Waals surface area contributed by atoms with Crippen molar-refractivity contribution in [3.05, 3.63) is 29.8 Å². The number of benzene rings is 1. The molecule has 0 saturated carbocycles. The lowest BCUT2D eigenvalue weighted by atomic mass is 10.0. The average molecular weight is 263 g/mol. The lowest BCUT2D eigenvalue weighted by Gasteiger charge is -2.15. The summed E-state index contributed by atoms with van der Waals surface area (Å²) in [5, 5.41) is 3.17. The zero-order valence-electron chi connectivity index (χ0n) is 11.1. The first-order valence-corrected chi connectivity index (χ1v) is 7.64. The largest absolute Gasteiger partial charge is 0.355 e. The first kappa shape index (κ1) is 13.5. The van der Waals surface area contributed by atoms with Crippen molar-refractivity contribution in [2.45, 2.75) is 43.3 Å². The Balaban J connectivity index is 1.86. The molecule has 0 aliphatic carbocycles. The van der Waals surface area contributed by atoms with Gasteiger partial charge >= 0.3 is 0 Å². The van der Waals surface area contributed by atoms with Crippen molar-refractivity contribution in [3.63, 3.8) is 0 Å². The number of hydrogen-bond donors (Lipinski definition) is 1. The van der Waals surface area contributed by atoms with Gasteiger partial charge in [0.2, 0.25) is 5.91 Å². The second kappa shape index (κ2) is 6.28. The fraction of sp³-hybridized carbons (Fsp3) is 0.533. The van der Waals surface area contributed by atoms with Gasteiger partial charge in [-0.3, -0.25) is 4.79 Å². The molecule has 0 fully saturated rings. The highest BCUT2D eigenvalue weighted by Crippen LogP contribution is 2.36. The normalized spacial score (nSPS) is 17.8. The van der Waals surface area contributed by atoms with Gasteiger partial charge in [-0.25, -0.2) is 0 Å². The summed E-state index contributed by atoms with van der Waals surface area (Å²) < 4.78 is 0. The summed E-state index contributed by atoms with van der Waals surface area (Å²) in [7, 11) is 0. The van der Waals surface area contributed by atoms with Crippen LogP contribution in [0.4, 0.5) is 0 Å². The summed E-state index contributed by atoms with van der Waals surface area (Å²) in [5.74, 6) is 0.811. The van der Waals surface area contributed by atoms with Crippen molar-refractivity contribution in [2.24, 2.45) is 5.92 Å². The topological polar surface area (TPSA) is 29.1 Å². The maximum absolute atomic E-state index is 12.1. The number of amides is 1. The summed E-state index contributed by atoms with van der Waals surface area (Å²) >= 11 is 1.70. The molecule has 1 aliphatic heterocycles. The zero-order chi connectivity index (χ0) is 13.0. The van der Waals surface area contributed by atoms with E-state index in [9.17, 15) is 4.79 Å². The zero-order valence-corrected chi connectivity index (χ0v) is 11.9. The third-order valence-electron chi connectivity index (χ3n) is 3.66. The highest BCUT2D eigenvalue weighted by Gasteiger charge is 2.27. The first-order valence-electron chi connectivity index (χ1n) is 6.76. The summed E-state index contributed by atoms with van der Waals surface area (Å²) in [6.45, 7) is 5.18. The minimum Gasteiger partial charge on any atom is -0.355 e. The van der Waals surface area contributed by atoms with Gasteiger partial charge in [-0.1, -0.05) is 44.9 Å². The predicted octanol–water partition coefficient (Wildman–Crippen LogP) is 3.26. The Hall–Kier alpha value is -0.960. The molecule has 1 aromatic rings. The molecule has 3 heteroatoms. The molecule has 0 saturated heterocycles. The Morgan fingerprint density at radius 3 is 2.78 bits per heavy atom. The van der Waals surface area contributed by atoms with Crippen LogP contribution in [0.15, 0.2) is 29.2 Å². The molecule has 98 valence electrons. The molecular formula is C15H21NOS. The Labute approximate surface area is 114 Å². The molecule has 18 heavy (non-hydrogen) atoms. The van der Waals surface area contributed by atoms with Crippen LogP contribution in [0.3, 0.4) is 0 Å². The van der Waals surface area contributed by atoms with Gasteiger partial charge in [-0.2, -0.15) is 0 Å². The highest BCUT2D eigenvalue weighted by atomic mass is 32.2. The van der Waals surface area contributed by atoms with E-state index in [0.29, 0.717) is 5.92 Å². The lowest BCUT2D eigenvalue weighted by Crippen LogP contribution is -2.35. The number of nitrogens with one attached hydrogen (secondary N) is 1. The van der Waals surface area contributed by atoms with Crippen LogP contribution < -0.4 is 5.32 Å². The number of rotatable bonds is 5. The molecule has 1 heterocycles. The Morgan fingerprint density at radius 1 is 1.39 bits per heavy atom. The van der Waals surface area contributed by atoms with Crippen molar-refractivity contribution < 1.29 is 4.79 Å². The van der Waals surface area contributed by atoms with Gasteiger partial charge in [0.05, 0.1) is 5.25 Å². The van der Waals surface area contributed by atoms with Gasteiger partial charge in [-0.15, -0.1) is 11.8 Å². The van der Waals surface area contributed by atoms with Gasteiger partial charge in [0, 0.05) is 11.4 Å². The minimum absolute atomic E-state index is 0.0664. The van der Waals surface area contributed by atoms with E-state index < -0.39 is 0 Å². The quantitative estimate of drug-likeness (QED) is 0.883. The van der Waals surface area contributed by atoms with Crippen LogP contribution in [0, 0.1) is 5.92 Å². The molecule has 1 aromatic carbocycles. The molecule has 1 aliphatic rings. The molecular weight excluding hydrogens is 242 g/mol. The van der Waals surface area contributed by atoms with Crippen LogP contribution in [0.25, 0.3) is 0 Å². The monoisotopic (exact) mass is 263 g/mol. The maximum Gasteiger partial charge on any atom is 0.233 e. The second-order valence-corrected chi connectivity index (χ2v) is 6.09. The van der Waals surface area contributed by atoms with Gasteiger partial charge in [0.25, 0.3) is 0 Å². The molecule has 0 bridgehead atoms. The number of thioether (sulfide) groups is 1. The van der Waals surface area contributed by atoms with Gasteiger partial charge in [0.1, 0.15) is 0 Å². The molecule has 0 spiro atoms. The molecule has 2 nitrogen and oxygen atoms in total. The van der Waals surface area contributed by atoms with E-state index in [1.807, 2.05) is 12.1 Å². The third-order valence-corrected chi connectivity index (χ3v) is 4.98. The molecule has 2 rings (SSSR count). The van der Waals surface area contributed by atoms with E-state index in [1.54, 1.807) is 11.8 Å². The van der Waals surface area contributed by atoms with Crippen LogP contribution in [-0.4, -0.2) is 17.7 Å². The second-order valence-electron chi connectivity index (χ2n) is 4.85. The van der Waals surface area contributed by atoms with Crippen LogP contribution in [0.5, 0.6) is 0 Å². The molecule has 1 atom stereocenters. The smallest absolute Gasteiger partial charge is 0.233 e. The van der Waals surface area contributed by atoms with Crippen molar-refractivity contribution in [3.8, 4) is 0 Å². The summed E-state index contributed by atoms with van der Waals surface area (Å²) in [6.07, 6.45) is 3.14. The van der Waals surface area contributed by atoms with E-state index in [0.717, 1.165) is 25.8 Å². The molecule has 0 aromatic heterocycles. The van der Waals surface area contributed by atoms with E-state index in [4.69, 9.17) is 0 Å². The van der Waals surface area contributed by atoms with Crippen LogP contribution in [0.1, 0.15) is 32.3 Å². The fourth-order valence-electron chi connectivity index (χ4n) is 2.26. The first-order chi connectivity index (χ1) is 8.74. The molecule has 1 unspecified atom stereocenters. The van der Waals surface area contributed by atoms with Gasteiger partial charge in [-0.05, 0) is 24.0 Å². The summed E-state index contributed by atoms with van der Waals surface area (Å²) in [5.41, 5.74) is 1.31. The van der Waals surface area contributed by atoms with Gasteiger partial charge in [0.15, 0.2) is 0 Å². The number of fused-ring (bicyclic) bond motifs is 1. The molecule has 1 N–H and O–H groups in total. The minimum atomic E-state index is 0.0664. The summed E-state index contributed by atoms with van der Waals surface area (Å²) in [6, 6.07) is 8.31. The Kier molecular flexibility index (Phi) is 4.70. The Morgan fingerprint density at radius 2 is 2.11 bits per heavy atom.